The zero-order chi connectivity index (χ0) is 9.97. The van der Waals surface area contributed by atoms with Gasteiger partial charge >= 0.3 is 0 Å². The van der Waals surface area contributed by atoms with Gasteiger partial charge in [-0.1, -0.05) is 30.4 Å². The second-order valence-electron chi connectivity index (χ2n) is 3.45. The Balaban J connectivity index is 2.67. The van der Waals surface area contributed by atoms with Crippen molar-refractivity contribution in [3.8, 4) is 5.75 Å². The molecule has 0 atom stereocenters. The van der Waals surface area contributed by atoms with Crippen LogP contribution in [0.1, 0.15) is 23.1 Å². The van der Waals surface area contributed by atoms with Crippen molar-refractivity contribution in [3.63, 3.8) is 0 Å². The molecule has 1 nitrogen and oxygen atoms in total. The van der Waals surface area contributed by atoms with Crippen LogP contribution in [0.4, 0.5) is 0 Å². The number of methoxy groups -OCH3 is 1. The first kappa shape index (κ1) is 9.07. The van der Waals surface area contributed by atoms with Gasteiger partial charge in [-0.2, -0.15) is 0 Å². The molecule has 1 aromatic rings. The molecule has 0 bridgehead atoms. The van der Waals surface area contributed by atoms with Crippen LogP contribution in [0, 0.1) is 6.92 Å². The minimum absolute atomic E-state index is 0.952. The Kier molecular flexibility index (Phi) is 2.40. The van der Waals surface area contributed by atoms with Gasteiger partial charge in [-0.3, -0.25) is 0 Å². The van der Waals surface area contributed by atoms with E-state index in [2.05, 4.69) is 37.3 Å². The standard InChI is InChI=1S/C13H14O/c1-10-8-9-13(14-2)12-7-5-3-4-6-11(10)12/h4-9H,3H2,1-2H3. The summed E-state index contributed by atoms with van der Waals surface area (Å²) in [7, 11) is 1.72. The molecule has 1 heteroatoms. The minimum atomic E-state index is 0.952. The maximum Gasteiger partial charge on any atom is 0.126 e. The molecule has 0 radical (unpaired) electrons. The van der Waals surface area contributed by atoms with Gasteiger partial charge in [0.25, 0.3) is 0 Å². The van der Waals surface area contributed by atoms with Crippen LogP contribution in [0.15, 0.2) is 24.3 Å². The lowest BCUT2D eigenvalue weighted by atomic mass is 10.0. The molecule has 1 aliphatic carbocycles. The largest absolute Gasteiger partial charge is 0.496 e. The predicted molar refractivity (Wildman–Crippen MR) is 60.4 cm³/mol. The van der Waals surface area contributed by atoms with Gasteiger partial charge in [0.15, 0.2) is 0 Å². The van der Waals surface area contributed by atoms with Gasteiger partial charge in [-0.25, -0.2) is 0 Å². The molecule has 14 heavy (non-hydrogen) atoms. The molecular weight excluding hydrogens is 172 g/mol. The highest BCUT2D eigenvalue weighted by Crippen LogP contribution is 2.29. The lowest BCUT2D eigenvalue weighted by molar-refractivity contribution is 0.413. The molecule has 1 aliphatic rings. The van der Waals surface area contributed by atoms with Crippen LogP contribution in [0.3, 0.4) is 0 Å². The summed E-state index contributed by atoms with van der Waals surface area (Å²) in [6.07, 6.45) is 9.64. The van der Waals surface area contributed by atoms with Crippen molar-refractivity contribution in [2.24, 2.45) is 0 Å². The monoisotopic (exact) mass is 186 g/mol. The third kappa shape index (κ3) is 1.46. The van der Waals surface area contributed by atoms with E-state index in [4.69, 9.17) is 4.74 Å². The summed E-state index contributed by atoms with van der Waals surface area (Å²) in [5.41, 5.74) is 3.77. The number of fused-ring (bicyclic) bond motifs is 1. The molecule has 72 valence electrons. The first-order chi connectivity index (χ1) is 6.83. The number of aryl methyl sites for hydroxylation is 1. The van der Waals surface area contributed by atoms with Crippen LogP contribution in [0.2, 0.25) is 0 Å². The third-order valence-corrected chi connectivity index (χ3v) is 2.53. The van der Waals surface area contributed by atoms with Gasteiger partial charge in [-0.15, -0.1) is 0 Å². The van der Waals surface area contributed by atoms with Crippen molar-refractivity contribution in [3.05, 3.63) is 41.0 Å². The van der Waals surface area contributed by atoms with Crippen LogP contribution in [-0.2, 0) is 0 Å². The number of ether oxygens (including phenoxy) is 1. The zero-order valence-corrected chi connectivity index (χ0v) is 8.58. The van der Waals surface area contributed by atoms with Crippen LogP contribution in [-0.4, -0.2) is 7.11 Å². The molecule has 0 unspecified atom stereocenters. The smallest absolute Gasteiger partial charge is 0.126 e. The second-order valence-corrected chi connectivity index (χ2v) is 3.45. The van der Waals surface area contributed by atoms with E-state index in [9.17, 15) is 0 Å². The summed E-state index contributed by atoms with van der Waals surface area (Å²) in [5.74, 6) is 0.952. The molecule has 0 spiro atoms. The molecule has 0 heterocycles. The van der Waals surface area contributed by atoms with E-state index in [0.717, 1.165) is 12.2 Å². The van der Waals surface area contributed by atoms with Crippen molar-refractivity contribution in [1.29, 1.82) is 0 Å². The van der Waals surface area contributed by atoms with E-state index in [1.54, 1.807) is 7.11 Å². The summed E-state index contributed by atoms with van der Waals surface area (Å²) in [6, 6.07) is 4.12. The van der Waals surface area contributed by atoms with Crippen molar-refractivity contribution in [2.75, 3.05) is 7.11 Å². The van der Waals surface area contributed by atoms with Crippen LogP contribution < -0.4 is 4.74 Å². The highest BCUT2D eigenvalue weighted by Gasteiger charge is 2.07. The number of allylic oxidation sites excluding steroid dienone is 2. The van der Waals surface area contributed by atoms with Gasteiger partial charge in [-0.05, 0) is 30.5 Å². The normalized spacial score (nSPS) is 13.6. The highest BCUT2D eigenvalue weighted by molar-refractivity contribution is 5.73. The molecule has 0 amide bonds. The molecular formula is C13H14O. The van der Waals surface area contributed by atoms with E-state index < -0.39 is 0 Å². The van der Waals surface area contributed by atoms with Crippen molar-refractivity contribution in [1.82, 2.24) is 0 Å². The lowest BCUT2D eigenvalue weighted by Gasteiger charge is -2.10. The number of hydrogen-bond acceptors (Lipinski definition) is 1. The third-order valence-electron chi connectivity index (χ3n) is 2.53. The number of benzene rings is 1. The fourth-order valence-electron chi connectivity index (χ4n) is 1.75. The Labute approximate surface area is 84.7 Å². The summed E-state index contributed by atoms with van der Waals surface area (Å²) in [5, 5.41) is 0. The summed E-state index contributed by atoms with van der Waals surface area (Å²) in [4.78, 5) is 0. The molecule has 0 aliphatic heterocycles. The number of hydrogen-bond donors (Lipinski definition) is 0. The molecule has 0 saturated carbocycles. The number of rotatable bonds is 1. The molecule has 0 saturated heterocycles. The average molecular weight is 186 g/mol. The van der Waals surface area contributed by atoms with Crippen LogP contribution in [0.25, 0.3) is 12.2 Å². The Bertz CT molecular complexity index is 400. The van der Waals surface area contributed by atoms with Gasteiger partial charge in [0, 0.05) is 5.56 Å². The molecule has 0 fully saturated rings. The van der Waals surface area contributed by atoms with Gasteiger partial charge in [0.2, 0.25) is 0 Å². The van der Waals surface area contributed by atoms with Gasteiger partial charge in [0.05, 0.1) is 7.11 Å². The first-order valence-electron chi connectivity index (χ1n) is 4.83. The van der Waals surface area contributed by atoms with E-state index in [-0.39, 0.29) is 0 Å². The van der Waals surface area contributed by atoms with E-state index in [0.29, 0.717) is 0 Å². The maximum absolute atomic E-state index is 5.34. The van der Waals surface area contributed by atoms with Crippen LogP contribution in [0.5, 0.6) is 5.75 Å². The van der Waals surface area contributed by atoms with E-state index in [1.807, 2.05) is 6.07 Å². The van der Waals surface area contributed by atoms with Gasteiger partial charge in [0.1, 0.15) is 5.75 Å². The average Bonchev–Trinajstić information content (AvgIpc) is 2.44. The quantitative estimate of drug-likeness (QED) is 0.652. The minimum Gasteiger partial charge on any atom is -0.496 e. The molecule has 0 N–H and O–H groups in total. The van der Waals surface area contributed by atoms with Crippen molar-refractivity contribution < 1.29 is 4.74 Å². The zero-order valence-electron chi connectivity index (χ0n) is 8.58. The SMILES string of the molecule is COc1ccc(C)c2c1C=CCC=C2. The van der Waals surface area contributed by atoms with Crippen molar-refractivity contribution >= 4 is 12.2 Å². The summed E-state index contributed by atoms with van der Waals surface area (Å²) < 4.78 is 5.34. The lowest BCUT2D eigenvalue weighted by Crippen LogP contribution is -1.92. The van der Waals surface area contributed by atoms with Crippen molar-refractivity contribution in [2.45, 2.75) is 13.3 Å². The van der Waals surface area contributed by atoms with E-state index >= 15 is 0 Å². The molecule has 2 rings (SSSR count). The Morgan fingerprint density at radius 1 is 1.07 bits per heavy atom. The second kappa shape index (κ2) is 3.70. The first-order valence-corrected chi connectivity index (χ1v) is 4.83. The Hall–Kier alpha value is -1.50. The van der Waals surface area contributed by atoms with Gasteiger partial charge < -0.3 is 4.74 Å². The molecule has 0 aromatic heterocycles. The fraction of sp³-hybridized carbons (Fsp3) is 0.231. The molecule has 1 aromatic carbocycles. The topological polar surface area (TPSA) is 9.23 Å². The predicted octanol–water partition coefficient (Wildman–Crippen LogP) is 3.43. The summed E-state index contributed by atoms with van der Waals surface area (Å²) >= 11 is 0. The summed E-state index contributed by atoms with van der Waals surface area (Å²) in [6.45, 7) is 2.13. The Morgan fingerprint density at radius 3 is 2.50 bits per heavy atom. The maximum atomic E-state index is 5.34. The highest BCUT2D eigenvalue weighted by atomic mass is 16.5. The fourth-order valence-corrected chi connectivity index (χ4v) is 1.75. The van der Waals surface area contributed by atoms with E-state index in [1.165, 1.54) is 16.7 Å². The Morgan fingerprint density at radius 2 is 1.79 bits per heavy atom. The van der Waals surface area contributed by atoms with Crippen LogP contribution >= 0.6 is 0 Å².